The van der Waals surface area contributed by atoms with Crippen LogP contribution in [0.3, 0.4) is 0 Å². The van der Waals surface area contributed by atoms with E-state index >= 15 is 0 Å². The van der Waals surface area contributed by atoms with Gasteiger partial charge in [-0.1, -0.05) is 82.3 Å². The second-order valence-corrected chi connectivity index (χ2v) is 8.50. The summed E-state index contributed by atoms with van der Waals surface area (Å²) in [5.74, 6) is 0.925. The zero-order valence-electron chi connectivity index (χ0n) is 20.0. The van der Waals surface area contributed by atoms with Crippen LogP contribution in [0, 0.1) is 0 Å². The predicted octanol–water partition coefficient (Wildman–Crippen LogP) is 8.26. The molecule has 0 atom stereocenters. The van der Waals surface area contributed by atoms with Gasteiger partial charge < -0.3 is 9.47 Å². The molecule has 0 aliphatic rings. The number of esters is 1. The molecule has 0 amide bonds. The van der Waals surface area contributed by atoms with Gasteiger partial charge in [-0.2, -0.15) is 0 Å². The van der Waals surface area contributed by atoms with Crippen molar-refractivity contribution in [1.82, 2.24) is 0 Å². The number of rotatable bonds is 13. The number of ether oxygens (including phenoxy) is 2. The van der Waals surface area contributed by atoms with Gasteiger partial charge in [-0.3, -0.25) is 0 Å². The smallest absolute Gasteiger partial charge is 0.343 e. The first-order chi connectivity index (χ1) is 16.2. The molecule has 33 heavy (non-hydrogen) atoms. The van der Waals surface area contributed by atoms with E-state index in [-0.39, 0.29) is 5.97 Å². The van der Waals surface area contributed by atoms with E-state index in [2.05, 4.69) is 38.1 Å². The topological polar surface area (TPSA) is 35.5 Å². The Bertz CT molecular complexity index is 957. The minimum Gasteiger partial charge on any atom is -0.494 e. The van der Waals surface area contributed by atoms with Crippen LogP contribution in [0.15, 0.2) is 72.8 Å². The minimum absolute atomic E-state index is 0.371. The van der Waals surface area contributed by atoms with Crippen molar-refractivity contribution >= 4 is 5.97 Å². The molecular formula is C30H36O3. The van der Waals surface area contributed by atoms with Crippen molar-refractivity contribution in [1.29, 1.82) is 0 Å². The number of carbonyl (C=O) groups is 1. The predicted molar refractivity (Wildman–Crippen MR) is 136 cm³/mol. The second kappa shape index (κ2) is 13.5. The molecule has 0 radical (unpaired) electrons. The normalized spacial score (nSPS) is 10.7. The fourth-order valence-corrected chi connectivity index (χ4v) is 3.76. The third-order valence-electron chi connectivity index (χ3n) is 5.73. The van der Waals surface area contributed by atoms with E-state index in [0.29, 0.717) is 17.9 Å². The third kappa shape index (κ3) is 8.09. The van der Waals surface area contributed by atoms with Gasteiger partial charge in [0.05, 0.1) is 12.2 Å². The lowest BCUT2D eigenvalue weighted by Gasteiger charge is -2.08. The Morgan fingerprint density at radius 1 is 0.636 bits per heavy atom. The molecule has 0 saturated carbocycles. The Balaban J connectivity index is 1.49. The van der Waals surface area contributed by atoms with Gasteiger partial charge in [-0.05, 0) is 72.4 Å². The van der Waals surface area contributed by atoms with Crippen molar-refractivity contribution in [3.63, 3.8) is 0 Å². The summed E-state index contributed by atoms with van der Waals surface area (Å²) in [7, 11) is 0. The Kier molecular flexibility index (Phi) is 10.0. The molecule has 0 fully saturated rings. The summed E-state index contributed by atoms with van der Waals surface area (Å²) in [4.78, 5) is 12.4. The van der Waals surface area contributed by atoms with Crippen LogP contribution in [0.5, 0.6) is 11.5 Å². The summed E-state index contributed by atoms with van der Waals surface area (Å²) < 4.78 is 11.1. The van der Waals surface area contributed by atoms with Crippen LogP contribution in [-0.2, 0) is 6.42 Å². The zero-order valence-corrected chi connectivity index (χ0v) is 20.0. The van der Waals surface area contributed by atoms with Crippen molar-refractivity contribution in [2.24, 2.45) is 0 Å². The average molecular weight is 445 g/mol. The van der Waals surface area contributed by atoms with Crippen molar-refractivity contribution in [3.8, 4) is 22.6 Å². The van der Waals surface area contributed by atoms with Gasteiger partial charge in [0.15, 0.2) is 0 Å². The monoisotopic (exact) mass is 444 g/mol. The van der Waals surface area contributed by atoms with Crippen LogP contribution in [0.1, 0.15) is 74.7 Å². The van der Waals surface area contributed by atoms with Crippen LogP contribution in [0.2, 0.25) is 0 Å². The maximum atomic E-state index is 12.4. The Morgan fingerprint density at radius 3 is 1.85 bits per heavy atom. The fourth-order valence-electron chi connectivity index (χ4n) is 3.76. The largest absolute Gasteiger partial charge is 0.494 e. The van der Waals surface area contributed by atoms with Gasteiger partial charge in [-0.25, -0.2) is 4.79 Å². The summed E-state index contributed by atoms with van der Waals surface area (Å²) in [5.41, 5.74) is 4.18. The zero-order chi connectivity index (χ0) is 23.3. The van der Waals surface area contributed by atoms with E-state index in [1.165, 1.54) is 49.7 Å². The number of unbranched alkanes of at least 4 members (excludes halogenated alkanes) is 5. The highest BCUT2D eigenvalue weighted by molar-refractivity contribution is 5.91. The SMILES string of the molecule is CCCCCCCCc1ccc(-c2ccc(OC(=O)c3ccc(OCCC)cc3)cc2)cc1. The summed E-state index contributed by atoms with van der Waals surface area (Å²) in [5, 5.41) is 0. The highest BCUT2D eigenvalue weighted by atomic mass is 16.5. The molecule has 0 aliphatic heterocycles. The standard InChI is InChI=1S/C30H36O3/c1-3-5-6-7-8-9-10-24-11-13-25(14-12-24)26-15-21-29(22-16-26)33-30(31)27-17-19-28(20-18-27)32-23-4-2/h11-22H,3-10,23H2,1-2H3. The summed E-state index contributed by atoms with van der Waals surface area (Å²) in [6.07, 6.45) is 10.0. The van der Waals surface area contributed by atoms with Crippen LogP contribution in [-0.4, -0.2) is 12.6 Å². The van der Waals surface area contributed by atoms with Crippen molar-refractivity contribution in [2.75, 3.05) is 6.61 Å². The summed E-state index contributed by atoms with van der Waals surface area (Å²) in [6, 6.07) is 23.5. The number of hydrogen-bond donors (Lipinski definition) is 0. The molecule has 0 spiro atoms. The molecule has 0 heterocycles. The second-order valence-electron chi connectivity index (χ2n) is 8.50. The van der Waals surface area contributed by atoms with E-state index < -0.39 is 0 Å². The van der Waals surface area contributed by atoms with Gasteiger partial charge in [0, 0.05) is 0 Å². The van der Waals surface area contributed by atoms with Gasteiger partial charge in [0.25, 0.3) is 0 Å². The number of hydrogen-bond acceptors (Lipinski definition) is 3. The van der Waals surface area contributed by atoms with Crippen LogP contribution < -0.4 is 9.47 Å². The van der Waals surface area contributed by atoms with E-state index in [1.807, 2.05) is 24.3 Å². The van der Waals surface area contributed by atoms with Gasteiger partial charge >= 0.3 is 5.97 Å². The first-order valence-electron chi connectivity index (χ1n) is 12.3. The van der Waals surface area contributed by atoms with E-state index in [4.69, 9.17) is 9.47 Å². The third-order valence-corrected chi connectivity index (χ3v) is 5.73. The van der Waals surface area contributed by atoms with Crippen molar-refractivity contribution < 1.29 is 14.3 Å². The number of benzene rings is 3. The molecular weight excluding hydrogens is 408 g/mol. The summed E-state index contributed by atoms with van der Waals surface area (Å²) in [6.45, 7) is 4.98. The van der Waals surface area contributed by atoms with Crippen LogP contribution in [0.25, 0.3) is 11.1 Å². The van der Waals surface area contributed by atoms with E-state index in [0.717, 1.165) is 24.2 Å². The van der Waals surface area contributed by atoms with Crippen molar-refractivity contribution in [3.05, 3.63) is 83.9 Å². The minimum atomic E-state index is -0.371. The maximum absolute atomic E-state index is 12.4. The van der Waals surface area contributed by atoms with Gasteiger partial charge in [-0.15, -0.1) is 0 Å². The lowest BCUT2D eigenvalue weighted by Crippen LogP contribution is -2.08. The maximum Gasteiger partial charge on any atom is 0.343 e. The lowest BCUT2D eigenvalue weighted by molar-refractivity contribution is 0.0734. The van der Waals surface area contributed by atoms with Gasteiger partial charge in [0.1, 0.15) is 11.5 Å². The Hall–Kier alpha value is -3.07. The molecule has 3 aromatic rings. The Morgan fingerprint density at radius 2 is 1.21 bits per heavy atom. The molecule has 3 rings (SSSR count). The average Bonchev–Trinajstić information content (AvgIpc) is 2.86. The molecule has 3 aromatic carbocycles. The quantitative estimate of drug-likeness (QED) is 0.151. The molecule has 0 unspecified atom stereocenters. The molecule has 0 aromatic heterocycles. The molecule has 3 heteroatoms. The number of aryl methyl sites for hydroxylation is 1. The highest BCUT2D eigenvalue weighted by Crippen LogP contribution is 2.24. The van der Waals surface area contributed by atoms with Crippen LogP contribution >= 0.6 is 0 Å². The summed E-state index contributed by atoms with van der Waals surface area (Å²) >= 11 is 0. The van der Waals surface area contributed by atoms with E-state index in [1.54, 1.807) is 24.3 Å². The molecule has 0 aliphatic carbocycles. The first kappa shape index (κ1) is 24.6. The van der Waals surface area contributed by atoms with E-state index in [9.17, 15) is 4.79 Å². The molecule has 0 N–H and O–H groups in total. The first-order valence-corrected chi connectivity index (χ1v) is 12.3. The molecule has 0 saturated heterocycles. The highest BCUT2D eigenvalue weighted by Gasteiger charge is 2.09. The lowest BCUT2D eigenvalue weighted by atomic mass is 10.0. The van der Waals surface area contributed by atoms with Gasteiger partial charge in [0.2, 0.25) is 0 Å². The van der Waals surface area contributed by atoms with Crippen molar-refractivity contribution in [2.45, 2.75) is 65.2 Å². The fraction of sp³-hybridized carbons (Fsp3) is 0.367. The number of carbonyl (C=O) groups excluding carboxylic acids is 1. The Labute approximate surface area is 198 Å². The molecule has 3 nitrogen and oxygen atoms in total. The molecule has 174 valence electrons. The molecule has 0 bridgehead atoms. The van der Waals surface area contributed by atoms with Crippen LogP contribution in [0.4, 0.5) is 0 Å².